The van der Waals surface area contributed by atoms with Gasteiger partial charge in [-0.1, -0.05) is 0 Å². The first-order chi connectivity index (χ1) is 8.72. The molecule has 3 aromatic rings. The topological polar surface area (TPSA) is 83.4 Å². The fourth-order valence-corrected chi connectivity index (χ4v) is 1.91. The van der Waals surface area contributed by atoms with E-state index >= 15 is 0 Å². The highest BCUT2D eigenvalue weighted by atomic mass is 19.1. The molecule has 2 aromatic heterocycles. The number of hydrogen-bond acceptors (Lipinski definition) is 3. The van der Waals surface area contributed by atoms with E-state index < -0.39 is 0 Å². The summed E-state index contributed by atoms with van der Waals surface area (Å²) in [5.74, 6) is 0.352. The zero-order valence-corrected chi connectivity index (χ0v) is 9.52. The predicted molar refractivity (Wildman–Crippen MR) is 65.3 cm³/mol. The number of hydrogen-bond donors (Lipinski definition) is 3. The molecule has 0 saturated heterocycles. The second-order valence-electron chi connectivity index (χ2n) is 4.17. The van der Waals surface area contributed by atoms with Gasteiger partial charge in [-0.15, -0.1) is 0 Å². The van der Waals surface area contributed by atoms with Crippen LogP contribution in [0.2, 0.25) is 0 Å². The fraction of sp³-hybridized carbons (Fsp3) is 0.167. The summed E-state index contributed by atoms with van der Waals surface area (Å²) >= 11 is 0. The number of benzene rings is 1. The summed E-state index contributed by atoms with van der Waals surface area (Å²) in [4.78, 5) is 14.3. The van der Waals surface area contributed by atoms with E-state index in [1.165, 1.54) is 12.1 Å². The van der Waals surface area contributed by atoms with Gasteiger partial charge >= 0.3 is 0 Å². The van der Waals surface area contributed by atoms with Gasteiger partial charge in [0.2, 0.25) is 0 Å². The van der Waals surface area contributed by atoms with Crippen LogP contribution in [0.3, 0.4) is 0 Å². The average Bonchev–Trinajstić information content (AvgIpc) is 2.96. The summed E-state index contributed by atoms with van der Waals surface area (Å²) in [6.45, 7) is 0. The van der Waals surface area contributed by atoms with E-state index in [1.54, 1.807) is 18.6 Å². The molecule has 0 aliphatic rings. The molecule has 0 aliphatic carbocycles. The van der Waals surface area contributed by atoms with Crippen LogP contribution in [0.25, 0.3) is 11.0 Å². The van der Waals surface area contributed by atoms with Crippen LogP contribution in [-0.4, -0.2) is 19.9 Å². The highest BCUT2D eigenvalue weighted by Gasteiger charge is 2.13. The van der Waals surface area contributed by atoms with E-state index in [4.69, 9.17) is 5.73 Å². The minimum atomic E-state index is -0.292. The standard InChI is InChI=1S/C12H12FN5/c13-7-1-2-10-11(3-7)18-12(17-10)9(14)4-8-5-15-6-16-8/h1-3,5-6,9H,4,14H2,(H,15,16)(H,17,18). The van der Waals surface area contributed by atoms with Crippen molar-refractivity contribution in [3.63, 3.8) is 0 Å². The van der Waals surface area contributed by atoms with Crippen molar-refractivity contribution in [2.45, 2.75) is 12.5 Å². The average molecular weight is 245 g/mol. The summed E-state index contributed by atoms with van der Waals surface area (Å²) in [5, 5.41) is 0. The van der Waals surface area contributed by atoms with Crippen molar-refractivity contribution >= 4 is 11.0 Å². The number of H-pyrrole nitrogens is 2. The molecule has 1 unspecified atom stereocenters. The summed E-state index contributed by atoms with van der Waals surface area (Å²) in [6.07, 6.45) is 3.93. The van der Waals surface area contributed by atoms with E-state index in [1.807, 2.05) is 0 Å². The number of rotatable bonds is 3. The minimum Gasteiger partial charge on any atom is -0.348 e. The Hall–Kier alpha value is -2.21. The molecule has 0 radical (unpaired) electrons. The highest BCUT2D eigenvalue weighted by molar-refractivity contribution is 5.75. The predicted octanol–water partition coefficient (Wildman–Crippen LogP) is 1.67. The van der Waals surface area contributed by atoms with Crippen LogP contribution in [-0.2, 0) is 6.42 Å². The molecule has 6 heteroatoms. The number of aromatic amines is 2. The zero-order chi connectivity index (χ0) is 12.5. The van der Waals surface area contributed by atoms with Crippen LogP contribution in [0.5, 0.6) is 0 Å². The van der Waals surface area contributed by atoms with Crippen LogP contribution < -0.4 is 5.73 Å². The summed E-state index contributed by atoms with van der Waals surface area (Å²) < 4.78 is 13.1. The summed E-state index contributed by atoms with van der Waals surface area (Å²) in [6, 6.07) is 4.15. The zero-order valence-electron chi connectivity index (χ0n) is 9.52. The van der Waals surface area contributed by atoms with E-state index in [2.05, 4.69) is 19.9 Å². The Balaban J connectivity index is 1.89. The van der Waals surface area contributed by atoms with Crippen molar-refractivity contribution in [2.75, 3.05) is 0 Å². The lowest BCUT2D eigenvalue weighted by Gasteiger charge is -2.05. The SMILES string of the molecule is NC(Cc1cnc[nH]1)c1nc2ccc(F)cc2[nH]1. The van der Waals surface area contributed by atoms with Gasteiger partial charge in [-0.05, 0) is 18.2 Å². The second kappa shape index (κ2) is 4.23. The lowest BCUT2D eigenvalue weighted by molar-refractivity contribution is 0.629. The van der Waals surface area contributed by atoms with Gasteiger partial charge in [0.25, 0.3) is 0 Å². The smallest absolute Gasteiger partial charge is 0.125 e. The Morgan fingerprint density at radius 2 is 2.28 bits per heavy atom. The van der Waals surface area contributed by atoms with Crippen molar-refractivity contribution in [1.82, 2.24) is 19.9 Å². The van der Waals surface area contributed by atoms with Crippen molar-refractivity contribution in [3.8, 4) is 0 Å². The normalized spacial score (nSPS) is 13.0. The van der Waals surface area contributed by atoms with Crippen LogP contribution >= 0.6 is 0 Å². The Morgan fingerprint density at radius 1 is 1.39 bits per heavy atom. The Kier molecular flexibility index (Phi) is 2.56. The van der Waals surface area contributed by atoms with Gasteiger partial charge < -0.3 is 15.7 Å². The second-order valence-corrected chi connectivity index (χ2v) is 4.17. The molecule has 0 fully saturated rings. The van der Waals surface area contributed by atoms with Crippen molar-refractivity contribution < 1.29 is 4.39 Å². The van der Waals surface area contributed by atoms with Gasteiger partial charge in [-0.3, -0.25) is 0 Å². The molecule has 0 amide bonds. The molecule has 0 saturated carbocycles. The molecule has 1 atom stereocenters. The number of nitrogens with two attached hydrogens (primary N) is 1. The number of aromatic nitrogens is 4. The molecule has 5 nitrogen and oxygen atoms in total. The molecule has 0 aliphatic heterocycles. The van der Waals surface area contributed by atoms with Crippen molar-refractivity contribution in [3.05, 3.63) is 48.1 Å². The maximum atomic E-state index is 13.1. The van der Waals surface area contributed by atoms with E-state index in [-0.39, 0.29) is 11.9 Å². The first-order valence-electron chi connectivity index (χ1n) is 5.60. The maximum Gasteiger partial charge on any atom is 0.125 e. The molecule has 1 aromatic carbocycles. The van der Waals surface area contributed by atoms with Gasteiger partial charge in [0, 0.05) is 18.3 Å². The molecule has 18 heavy (non-hydrogen) atoms. The molecule has 92 valence electrons. The third-order valence-corrected chi connectivity index (χ3v) is 2.81. The third-order valence-electron chi connectivity index (χ3n) is 2.81. The first-order valence-corrected chi connectivity index (χ1v) is 5.60. The minimum absolute atomic E-state index is 0.277. The quantitative estimate of drug-likeness (QED) is 0.656. The van der Waals surface area contributed by atoms with Gasteiger partial charge in [0.05, 0.1) is 23.4 Å². The van der Waals surface area contributed by atoms with Crippen LogP contribution in [0.15, 0.2) is 30.7 Å². The fourth-order valence-electron chi connectivity index (χ4n) is 1.91. The lowest BCUT2D eigenvalue weighted by atomic mass is 10.2. The van der Waals surface area contributed by atoms with Gasteiger partial charge in [-0.25, -0.2) is 14.4 Å². The largest absolute Gasteiger partial charge is 0.348 e. The lowest BCUT2D eigenvalue weighted by Crippen LogP contribution is -2.15. The maximum absolute atomic E-state index is 13.1. The monoisotopic (exact) mass is 245 g/mol. The Labute approximate surface area is 102 Å². The van der Waals surface area contributed by atoms with E-state index in [9.17, 15) is 4.39 Å². The van der Waals surface area contributed by atoms with Crippen molar-refractivity contribution in [1.29, 1.82) is 0 Å². The van der Waals surface area contributed by atoms with Gasteiger partial charge in [-0.2, -0.15) is 0 Å². The van der Waals surface area contributed by atoms with E-state index in [0.29, 0.717) is 23.3 Å². The molecule has 0 bridgehead atoms. The van der Waals surface area contributed by atoms with Crippen LogP contribution in [0.4, 0.5) is 4.39 Å². The van der Waals surface area contributed by atoms with Crippen LogP contribution in [0.1, 0.15) is 17.6 Å². The molecule has 3 rings (SSSR count). The number of halogens is 1. The highest BCUT2D eigenvalue weighted by Crippen LogP contribution is 2.17. The number of nitrogens with zero attached hydrogens (tertiary/aromatic N) is 2. The molecule has 0 spiro atoms. The summed E-state index contributed by atoms with van der Waals surface area (Å²) in [5.41, 5.74) is 8.36. The van der Waals surface area contributed by atoms with Gasteiger partial charge in [0.15, 0.2) is 0 Å². The number of nitrogens with one attached hydrogen (secondary N) is 2. The molecule has 2 heterocycles. The van der Waals surface area contributed by atoms with Crippen LogP contribution in [0, 0.1) is 5.82 Å². The Morgan fingerprint density at radius 3 is 3.06 bits per heavy atom. The third kappa shape index (κ3) is 1.98. The molecule has 4 N–H and O–H groups in total. The number of imidazole rings is 2. The molecular weight excluding hydrogens is 233 g/mol. The van der Waals surface area contributed by atoms with E-state index in [0.717, 1.165) is 5.69 Å². The Bertz CT molecular complexity index is 658. The summed E-state index contributed by atoms with van der Waals surface area (Å²) in [7, 11) is 0. The first kappa shape index (κ1) is 10.9. The van der Waals surface area contributed by atoms with Crippen molar-refractivity contribution in [2.24, 2.45) is 5.73 Å². The number of fused-ring (bicyclic) bond motifs is 1. The van der Waals surface area contributed by atoms with Gasteiger partial charge in [0.1, 0.15) is 11.6 Å². The molecular formula is C12H12FN5.